The summed E-state index contributed by atoms with van der Waals surface area (Å²) in [5.74, 6) is 0.422. The van der Waals surface area contributed by atoms with Crippen LogP contribution in [0, 0.1) is 5.92 Å². The summed E-state index contributed by atoms with van der Waals surface area (Å²) in [6.45, 7) is 2.18. The van der Waals surface area contributed by atoms with Crippen molar-refractivity contribution in [3.63, 3.8) is 0 Å². The summed E-state index contributed by atoms with van der Waals surface area (Å²) in [5, 5.41) is 3.14. The number of nitrogens with two attached hydrogens (primary N) is 1. The van der Waals surface area contributed by atoms with Gasteiger partial charge in [0.25, 0.3) is 0 Å². The molecule has 4 nitrogen and oxygen atoms in total. The lowest BCUT2D eigenvalue weighted by Crippen LogP contribution is -2.50. The van der Waals surface area contributed by atoms with Crippen molar-refractivity contribution in [3.8, 4) is 0 Å². The van der Waals surface area contributed by atoms with Gasteiger partial charge in [-0.1, -0.05) is 0 Å². The van der Waals surface area contributed by atoms with E-state index >= 15 is 0 Å². The van der Waals surface area contributed by atoms with Crippen molar-refractivity contribution in [3.05, 3.63) is 0 Å². The molecule has 0 radical (unpaired) electrons. The van der Waals surface area contributed by atoms with Gasteiger partial charge in [0, 0.05) is 18.0 Å². The summed E-state index contributed by atoms with van der Waals surface area (Å²) in [6.07, 6.45) is 3.92. The van der Waals surface area contributed by atoms with E-state index in [4.69, 9.17) is 5.73 Å². The number of carbonyl (C=O) groups is 1. The Morgan fingerprint density at radius 1 is 1.33 bits per heavy atom. The topological polar surface area (TPSA) is 58.4 Å². The number of likely N-dealkylation sites (tertiary alicyclic amines) is 1. The van der Waals surface area contributed by atoms with E-state index in [2.05, 4.69) is 17.3 Å². The van der Waals surface area contributed by atoms with E-state index in [1.807, 2.05) is 0 Å². The van der Waals surface area contributed by atoms with Gasteiger partial charge >= 0.3 is 0 Å². The Balaban J connectivity index is 1.70. The van der Waals surface area contributed by atoms with Crippen molar-refractivity contribution in [1.82, 2.24) is 10.2 Å². The first-order valence-electron chi connectivity index (χ1n) is 5.89. The normalized spacial score (nSPS) is 33.5. The van der Waals surface area contributed by atoms with Gasteiger partial charge in [-0.3, -0.25) is 4.79 Å². The molecule has 15 heavy (non-hydrogen) atoms. The minimum absolute atomic E-state index is 0.194. The van der Waals surface area contributed by atoms with E-state index in [1.165, 1.54) is 0 Å². The molecule has 1 saturated carbocycles. The van der Waals surface area contributed by atoms with Crippen LogP contribution in [0.1, 0.15) is 25.7 Å². The highest BCUT2D eigenvalue weighted by Crippen LogP contribution is 2.26. The van der Waals surface area contributed by atoms with Crippen LogP contribution < -0.4 is 11.1 Å². The van der Waals surface area contributed by atoms with Gasteiger partial charge in [-0.05, 0) is 45.8 Å². The number of nitrogens with zero attached hydrogens (tertiary/aromatic N) is 1. The van der Waals surface area contributed by atoms with Crippen LogP contribution in [0.4, 0.5) is 0 Å². The monoisotopic (exact) mass is 211 g/mol. The molecule has 86 valence electrons. The van der Waals surface area contributed by atoms with E-state index in [-0.39, 0.29) is 17.9 Å². The maximum atomic E-state index is 11.7. The predicted molar refractivity (Wildman–Crippen MR) is 59.4 cm³/mol. The molecule has 4 heteroatoms. The summed E-state index contributed by atoms with van der Waals surface area (Å²) in [7, 11) is 2.13. The molecule has 1 heterocycles. The summed E-state index contributed by atoms with van der Waals surface area (Å²) < 4.78 is 0. The number of rotatable bonds is 2. The lowest BCUT2D eigenvalue weighted by Gasteiger charge is -2.34. The Morgan fingerprint density at radius 2 is 1.93 bits per heavy atom. The second-order valence-corrected chi connectivity index (χ2v) is 5.01. The van der Waals surface area contributed by atoms with Crippen molar-refractivity contribution in [2.24, 2.45) is 11.7 Å². The van der Waals surface area contributed by atoms with Crippen LogP contribution in [-0.4, -0.2) is 43.0 Å². The van der Waals surface area contributed by atoms with Gasteiger partial charge in [0.1, 0.15) is 0 Å². The van der Waals surface area contributed by atoms with E-state index < -0.39 is 0 Å². The highest BCUT2D eigenvalue weighted by molar-refractivity contribution is 5.80. The van der Waals surface area contributed by atoms with E-state index in [1.54, 1.807) is 0 Å². The quantitative estimate of drug-likeness (QED) is 0.672. The van der Waals surface area contributed by atoms with Gasteiger partial charge in [0.05, 0.1) is 0 Å². The van der Waals surface area contributed by atoms with Crippen LogP contribution >= 0.6 is 0 Å². The fourth-order valence-electron chi connectivity index (χ4n) is 2.35. The van der Waals surface area contributed by atoms with E-state index in [0.29, 0.717) is 6.04 Å². The zero-order chi connectivity index (χ0) is 10.8. The number of hydrogen-bond donors (Lipinski definition) is 2. The molecule has 2 fully saturated rings. The van der Waals surface area contributed by atoms with Gasteiger partial charge in [-0.15, -0.1) is 0 Å². The summed E-state index contributed by atoms with van der Waals surface area (Å²) in [4.78, 5) is 14.0. The molecule has 0 atom stereocenters. The van der Waals surface area contributed by atoms with Crippen LogP contribution in [-0.2, 0) is 4.79 Å². The molecule has 2 rings (SSSR count). The van der Waals surface area contributed by atoms with Gasteiger partial charge in [0.2, 0.25) is 5.91 Å². The van der Waals surface area contributed by atoms with Crippen molar-refractivity contribution >= 4 is 5.91 Å². The van der Waals surface area contributed by atoms with Gasteiger partial charge < -0.3 is 16.0 Å². The van der Waals surface area contributed by atoms with Crippen LogP contribution in [0.3, 0.4) is 0 Å². The third-order valence-corrected chi connectivity index (χ3v) is 3.61. The first kappa shape index (κ1) is 10.9. The molecular weight excluding hydrogens is 190 g/mol. The van der Waals surface area contributed by atoms with Crippen LogP contribution in [0.5, 0.6) is 0 Å². The molecule has 0 aromatic heterocycles. The molecule has 0 aromatic carbocycles. The lowest BCUT2D eigenvalue weighted by atomic mass is 9.80. The molecule has 0 aromatic rings. The minimum atomic E-state index is 0.194. The van der Waals surface area contributed by atoms with Gasteiger partial charge in [-0.25, -0.2) is 0 Å². The lowest BCUT2D eigenvalue weighted by molar-refractivity contribution is -0.128. The Kier molecular flexibility index (Phi) is 3.26. The SMILES string of the molecule is CN1CCC(NC(=O)C2CC(N)C2)CC1. The first-order valence-corrected chi connectivity index (χ1v) is 5.89. The zero-order valence-corrected chi connectivity index (χ0v) is 9.41. The van der Waals surface area contributed by atoms with Crippen molar-refractivity contribution in [1.29, 1.82) is 0 Å². The maximum Gasteiger partial charge on any atom is 0.223 e. The smallest absolute Gasteiger partial charge is 0.223 e. The first-order chi connectivity index (χ1) is 7.15. The molecule has 1 aliphatic carbocycles. The standard InChI is InChI=1S/C11H21N3O/c1-14-4-2-10(3-5-14)13-11(15)8-6-9(12)7-8/h8-10H,2-7,12H2,1H3,(H,13,15). The molecule has 1 aliphatic heterocycles. The predicted octanol–water partition coefficient (Wildman–Crippen LogP) is -0.0659. The van der Waals surface area contributed by atoms with Gasteiger partial charge in [0.15, 0.2) is 0 Å². The summed E-state index contributed by atoms with van der Waals surface area (Å²) >= 11 is 0. The van der Waals surface area contributed by atoms with Gasteiger partial charge in [-0.2, -0.15) is 0 Å². The molecule has 3 N–H and O–H groups in total. The zero-order valence-electron chi connectivity index (χ0n) is 9.41. The number of hydrogen-bond acceptors (Lipinski definition) is 3. The van der Waals surface area contributed by atoms with E-state index in [9.17, 15) is 4.79 Å². The number of carbonyl (C=O) groups excluding carboxylic acids is 1. The highest BCUT2D eigenvalue weighted by Gasteiger charge is 2.33. The molecule has 1 amide bonds. The third-order valence-electron chi connectivity index (χ3n) is 3.61. The second-order valence-electron chi connectivity index (χ2n) is 5.01. The molecule has 1 saturated heterocycles. The second kappa shape index (κ2) is 4.49. The Hall–Kier alpha value is -0.610. The maximum absolute atomic E-state index is 11.7. The third kappa shape index (κ3) is 2.69. The average Bonchev–Trinajstić information content (AvgIpc) is 2.17. The Bertz CT molecular complexity index is 230. The molecular formula is C11H21N3O. The summed E-state index contributed by atoms with van der Waals surface area (Å²) in [6, 6.07) is 0.656. The molecule has 0 spiro atoms. The summed E-state index contributed by atoms with van der Waals surface area (Å²) in [5.41, 5.74) is 5.67. The van der Waals surface area contributed by atoms with Crippen molar-refractivity contribution in [2.75, 3.05) is 20.1 Å². The minimum Gasteiger partial charge on any atom is -0.353 e. The molecule has 0 bridgehead atoms. The number of amides is 1. The van der Waals surface area contributed by atoms with Crippen LogP contribution in [0.15, 0.2) is 0 Å². The molecule has 2 aliphatic rings. The Labute approximate surface area is 91.2 Å². The fraction of sp³-hybridized carbons (Fsp3) is 0.909. The van der Waals surface area contributed by atoms with Crippen LogP contribution in [0.25, 0.3) is 0 Å². The fourth-order valence-corrected chi connectivity index (χ4v) is 2.35. The highest BCUT2D eigenvalue weighted by atomic mass is 16.2. The van der Waals surface area contributed by atoms with Crippen molar-refractivity contribution < 1.29 is 4.79 Å². The Morgan fingerprint density at radius 3 is 2.47 bits per heavy atom. The molecule has 0 unspecified atom stereocenters. The average molecular weight is 211 g/mol. The number of piperidine rings is 1. The van der Waals surface area contributed by atoms with E-state index in [0.717, 1.165) is 38.8 Å². The van der Waals surface area contributed by atoms with Crippen molar-refractivity contribution in [2.45, 2.75) is 37.8 Å². The van der Waals surface area contributed by atoms with Crippen LogP contribution in [0.2, 0.25) is 0 Å². The largest absolute Gasteiger partial charge is 0.353 e. The number of nitrogens with one attached hydrogen (secondary N) is 1.